The van der Waals surface area contributed by atoms with Crippen LogP contribution in [0.2, 0.25) is 0 Å². The molecule has 0 aromatic heterocycles. The number of benzene rings is 1. The second-order valence-electron chi connectivity index (χ2n) is 3.43. The van der Waals surface area contributed by atoms with Gasteiger partial charge in [0.15, 0.2) is 11.6 Å². The summed E-state index contributed by atoms with van der Waals surface area (Å²) in [5.41, 5.74) is 0.288. The van der Waals surface area contributed by atoms with Gasteiger partial charge >= 0.3 is 6.09 Å². The van der Waals surface area contributed by atoms with Crippen LogP contribution < -0.4 is 4.90 Å². The van der Waals surface area contributed by atoms with Crippen molar-refractivity contribution >= 4 is 11.8 Å². The molecule has 86 valence electrons. The number of amides is 1. The highest BCUT2D eigenvalue weighted by atomic mass is 19.1. The number of hydrogen-bond donors (Lipinski definition) is 2. The SMILES string of the molecule is O=C1O[C@H](CO)CN1c1ccc(O)c(F)c1. The van der Waals surface area contributed by atoms with Crippen molar-refractivity contribution in [3.8, 4) is 5.75 Å². The number of nitrogens with zero attached hydrogens (tertiary/aromatic N) is 1. The van der Waals surface area contributed by atoms with Crippen molar-refractivity contribution in [2.75, 3.05) is 18.1 Å². The second kappa shape index (κ2) is 3.97. The third-order valence-corrected chi connectivity index (χ3v) is 2.32. The van der Waals surface area contributed by atoms with Crippen LogP contribution in [0.4, 0.5) is 14.9 Å². The van der Waals surface area contributed by atoms with Gasteiger partial charge in [0.05, 0.1) is 18.8 Å². The number of aliphatic hydroxyl groups is 1. The third kappa shape index (κ3) is 1.79. The second-order valence-corrected chi connectivity index (χ2v) is 3.43. The first-order valence-electron chi connectivity index (χ1n) is 4.69. The summed E-state index contributed by atoms with van der Waals surface area (Å²) in [7, 11) is 0. The molecule has 0 spiro atoms. The number of aliphatic hydroxyl groups excluding tert-OH is 1. The quantitative estimate of drug-likeness (QED) is 0.785. The number of rotatable bonds is 2. The number of ether oxygens (including phenoxy) is 1. The lowest BCUT2D eigenvalue weighted by atomic mass is 10.2. The van der Waals surface area contributed by atoms with Crippen LogP contribution in [0.25, 0.3) is 0 Å². The summed E-state index contributed by atoms with van der Waals surface area (Å²) in [5.74, 6) is -1.28. The smallest absolute Gasteiger partial charge is 0.414 e. The predicted octanol–water partition coefficient (Wildman–Crippen LogP) is 0.849. The number of carbonyl (C=O) groups is 1. The van der Waals surface area contributed by atoms with E-state index in [4.69, 9.17) is 14.9 Å². The fraction of sp³-hybridized carbons (Fsp3) is 0.300. The largest absolute Gasteiger partial charge is 0.505 e. The van der Waals surface area contributed by atoms with Crippen LogP contribution in [0, 0.1) is 5.82 Å². The average Bonchev–Trinajstić information content (AvgIpc) is 2.64. The summed E-state index contributed by atoms with van der Waals surface area (Å²) >= 11 is 0. The maximum atomic E-state index is 13.1. The monoisotopic (exact) mass is 227 g/mol. The maximum Gasteiger partial charge on any atom is 0.414 e. The number of hydrogen-bond acceptors (Lipinski definition) is 4. The van der Waals surface area contributed by atoms with Crippen molar-refractivity contribution in [2.45, 2.75) is 6.10 Å². The molecule has 1 amide bonds. The zero-order valence-electron chi connectivity index (χ0n) is 8.26. The van der Waals surface area contributed by atoms with E-state index in [0.717, 1.165) is 12.1 Å². The van der Waals surface area contributed by atoms with Crippen LogP contribution in [0.5, 0.6) is 5.75 Å². The molecular weight excluding hydrogens is 217 g/mol. The number of halogens is 1. The van der Waals surface area contributed by atoms with Crippen LogP contribution in [0.3, 0.4) is 0 Å². The molecular formula is C10H10FNO4. The van der Waals surface area contributed by atoms with E-state index in [-0.39, 0.29) is 18.8 Å². The Morgan fingerprint density at radius 1 is 1.56 bits per heavy atom. The van der Waals surface area contributed by atoms with Gasteiger partial charge in [-0.15, -0.1) is 0 Å². The molecule has 2 rings (SSSR count). The minimum atomic E-state index is -0.808. The normalized spacial score (nSPS) is 20.0. The van der Waals surface area contributed by atoms with Gasteiger partial charge in [0.1, 0.15) is 6.10 Å². The number of phenolic OH excluding ortho intramolecular Hbond substituents is 1. The standard InChI is InChI=1S/C10H10FNO4/c11-8-3-6(1-2-9(8)14)12-4-7(5-13)16-10(12)15/h1-3,7,13-14H,4-5H2/t7-/m0/s1. The van der Waals surface area contributed by atoms with Crippen LogP contribution >= 0.6 is 0 Å². The molecule has 1 aromatic rings. The maximum absolute atomic E-state index is 13.1. The van der Waals surface area contributed by atoms with E-state index < -0.39 is 23.8 Å². The number of anilines is 1. The Hall–Kier alpha value is -1.82. The average molecular weight is 227 g/mol. The van der Waals surface area contributed by atoms with Gasteiger partial charge in [-0.25, -0.2) is 9.18 Å². The molecule has 0 aliphatic carbocycles. The van der Waals surface area contributed by atoms with Gasteiger partial charge in [-0.1, -0.05) is 0 Å². The molecule has 1 aliphatic heterocycles. The van der Waals surface area contributed by atoms with E-state index in [1.807, 2.05) is 0 Å². The Morgan fingerprint density at radius 3 is 2.88 bits per heavy atom. The highest BCUT2D eigenvalue weighted by molar-refractivity contribution is 5.89. The molecule has 1 aliphatic rings. The Bertz CT molecular complexity index is 423. The zero-order chi connectivity index (χ0) is 11.7. The van der Waals surface area contributed by atoms with Gasteiger partial charge in [-0.2, -0.15) is 0 Å². The Labute approximate surface area is 90.7 Å². The molecule has 1 fully saturated rings. The summed E-state index contributed by atoms with van der Waals surface area (Å²) in [6.07, 6.45) is -1.23. The Balaban J connectivity index is 2.24. The first kappa shape index (κ1) is 10.7. The Kier molecular flexibility index (Phi) is 2.66. The summed E-state index contributed by atoms with van der Waals surface area (Å²) in [4.78, 5) is 12.5. The number of carbonyl (C=O) groups excluding carboxylic acids is 1. The zero-order valence-corrected chi connectivity index (χ0v) is 8.26. The molecule has 5 nitrogen and oxygen atoms in total. The molecule has 1 atom stereocenters. The van der Waals surface area contributed by atoms with Crippen molar-refractivity contribution in [3.05, 3.63) is 24.0 Å². The number of cyclic esters (lactones) is 1. The molecule has 1 saturated heterocycles. The van der Waals surface area contributed by atoms with Crippen molar-refractivity contribution in [2.24, 2.45) is 0 Å². The minimum Gasteiger partial charge on any atom is -0.505 e. The molecule has 0 unspecified atom stereocenters. The predicted molar refractivity (Wildman–Crippen MR) is 52.8 cm³/mol. The van der Waals surface area contributed by atoms with E-state index in [9.17, 15) is 9.18 Å². The number of aromatic hydroxyl groups is 1. The summed E-state index contributed by atoms with van der Waals surface area (Å²) in [6.45, 7) is -0.109. The minimum absolute atomic E-state index is 0.166. The van der Waals surface area contributed by atoms with Crippen LogP contribution in [-0.4, -0.2) is 35.6 Å². The van der Waals surface area contributed by atoms with E-state index in [2.05, 4.69) is 0 Å². The number of phenols is 1. The highest BCUT2D eigenvalue weighted by Crippen LogP contribution is 2.26. The topological polar surface area (TPSA) is 70.0 Å². The third-order valence-electron chi connectivity index (χ3n) is 2.32. The van der Waals surface area contributed by atoms with E-state index in [0.29, 0.717) is 0 Å². The van der Waals surface area contributed by atoms with Crippen molar-refractivity contribution in [1.82, 2.24) is 0 Å². The summed E-state index contributed by atoms with van der Waals surface area (Å²) in [5, 5.41) is 17.8. The fourth-order valence-corrected chi connectivity index (χ4v) is 1.49. The summed E-state index contributed by atoms with van der Waals surface area (Å²) in [6, 6.07) is 3.60. The van der Waals surface area contributed by atoms with Gasteiger partial charge < -0.3 is 14.9 Å². The van der Waals surface area contributed by atoms with Crippen LogP contribution in [-0.2, 0) is 4.74 Å². The van der Waals surface area contributed by atoms with Gasteiger partial charge in [-0.3, -0.25) is 4.90 Å². The van der Waals surface area contributed by atoms with Crippen molar-refractivity contribution in [1.29, 1.82) is 0 Å². The molecule has 6 heteroatoms. The highest BCUT2D eigenvalue weighted by Gasteiger charge is 2.32. The lowest BCUT2D eigenvalue weighted by Gasteiger charge is -2.12. The first-order valence-corrected chi connectivity index (χ1v) is 4.69. The van der Waals surface area contributed by atoms with E-state index >= 15 is 0 Å². The molecule has 1 aromatic carbocycles. The van der Waals surface area contributed by atoms with Crippen LogP contribution in [0.1, 0.15) is 0 Å². The van der Waals surface area contributed by atoms with E-state index in [1.165, 1.54) is 11.0 Å². The Morgan fingerprint density at radius 2 is 2.31 bits per heavy atom. The lowest BCUT2D eigenvalue weighted by Crippen LogP contribution is -2.25. The van der Waals surface area contributed by atoms with Gasteiger partial charge in [0, 0.05) is 6.07 Å². The molecule has 16 heavy (non-hydrogen) atoms. The van der Waals surface area contributed by atoms with Crippen molar-refractivity contribution < 1.29 is 24.1 Å². The van der Waals surface area contributed by atoms with Gasteiger partial charge in [0.2, 0.25) is 0 Å². The van der Waals surface area contributed by atoms with Crippen molar-refractivity contribution in [3.63, 3.8) is 0 Å². The molecule has 2 N–H and O–H groups in total. The molecule has 1 heterocycles. The van der Waals surface area contributed by atoms with Gasteiger partial charge in [0.25, 0.3) is 0 Å². The van der Waals surface area contributed by atoms with Crippen LogP contribution in [0.15, 0.2) is 18.2 Å². The fourth-order valence-electron chi connectivity index (χ4n) is 1.49. The lowest BCUT2D eigenvalue weighted by molar-refractivity contribution is 0.0963. The van der Waals surface area contributed by atoms with E-state index in [1.54, 1.807) is 0 Å². The van der Waals surface area contributed by atoms with Gasteiger partial charge in [-0.05, 0) is 12.1 Å². The molecule has 0 saturated carbocycles. The first-order chi connectivity index (χ1) is 7.61. The molecule has 0 bridgehead atoms. The summed E-state index contributed by atoms with van der Waals surface area (Å²) < 4.78 is 17.9. The molecule has 0 radical (unpaired) electrons.